The average Bonchev–Trinajstić information content (AvgIpc) is 2.65. The van der Waals surface area contributed by atoms with E-state index in [0.717, 1.165) is 30.3 Å². The molecular weight excluding hydrogens is 423 g/mol. The number of carbonyl (C=O) groups is 1. The first-order valence-corrected chi connectivity index (χ1v) is 10.4. The van der Waals surface area contributed by atoms with Crippen molar-refractivity contribution in [3.05, 3.63) is 47.3 Å². The SMILES string of the molecule is CCCC(=O)CCc1c(Oc2cc(O)cc(F)c2)ccc(S(=O)(=O)C(F)F)c1C#N. The number of rotatable bonds is 9. The first-order valence-electron chi connectivity index (χ1n) is 8.87. The van der Waals surface area contributed by atoms with E-state index in [-0.39, 0.29) is 42.1 Å². The summed E-state index contributed by atoms with van der Waals surface area (Å²) >= 11 is 0. The summed E-state index contributed by atoms with van der Waals surface area (Å²) in [5.74, 6) is -5.45. The number of benzene rings is 2. The molecule has 0 aromatic heterocycles. The van der Waals surface area contributed by atoms with Crippen LogP contribution in [0.3, 0.4) is 0 Å². The number of sulfone groups is 1. The number of phenols is 1. The number of ether oxygens (including phenoxy) is 1. The lowest BCUT2D eigenvalue weighted by molar-refractivity contribution is -0.119. The van der Waals surface area contributed by atoms with Crippen molar-refractivity contribution in [1.29, 1.82) is 5.26 Å². The Balaban J connectivity index is 2.60. The van der Waals surface area contributed by atoms with Gasteiger partial charge in [-0.2, -0.15) is 14.0 Å². The molecule has 0 aliphatic rings. The molecule has 2 aromatic carbocycles. The van der Waals surface area contributed by atoms with Crippen LogP contribution < -0.4 is 4.74 Å². The maximum absolute atomic E-state index is 13.5. The highest BCUT2D eigenvalue weighted by molar-refractivity contribution is 7.91. The first kappa shape index (κ1) is 23.2. The number of Topliss-reactive ketones (excluding diaryl/α,β-unsaturated/α-hetero) is 1. The highest BCUT2D eigenvalue weighted by Crippen LogP contribution is 2.35. The molecule has 1 N–H and O–H groups in total. The van der Waals surface area contributed by atoms with Gasteiger partial charge in [0.15, 0.2) is 0 Å². The van der Waals surface area contributed by atoms with Crippen LogP contribution in [0, 0.1) is 17.1 Å². The molecule has 10 heteroatoms. The number of alkyl halides is 2. The van der Waals surface area contributed by atoms with E-state index >= 15 is 0 Å². The zero-order valence-electron chi connectivity index (χ0n) is 15.9. The van der Waals surface area contributed by atoms with Gasteiger partial charge in [-0.3, -0.25) is 4.79 Å². The second-order valence-corrected chi connectivity index (χ2v) is 8.25. The number of aromatic hydroxyl groups is 1. The van der Waals surface area contributed by atoms with Crippen LogP contribution in [-0.2, 0) is 21.1 Å². The van der Waals surface area contributed by atoms with Gasteiger partial charge >= 0.3 is 5.76 Å². The summed E-state index contributed by atoms with van der Waals surface area (Å²) in [5, 5.41) is 19.0. The Morgan fingerprint density at radius 3 is 2.50 bits per heavy atom. The molecule has 0 bridgehead atoms. The molecule has 6 nitrogen and oxygen atoms in total. The third-order valence-corrected chi connectivity index (χ3v) is 5.57. The van der Waals surface area contributed by atoms with Crippen molar-refractivity contribution < 1.29 is 36.2 Å². The fraction of sp³-hybridized carbons (Fsp3) is 0.300. The number of ketones is 1. The van der Waals surface area contributed by atoms with E-state index in [1.807, 2.05) is 0 Å². The molecule has 0 spiro atoms. The lowest BCUT2D eigenvalue weighted by Crippen LogP contribution is -2.15. The van der Waals surface area contributed by atoms with Crippen molar-refractivity contribution in [3.8, 4) is 23.3 Å². The fourth-order valence-corrected chi connectivity index (χ4v) is 3.71. The predicted octanol–water partition coefficient (Wildman–Crippen LogP) is 4.49. The number of carbonyl (C=O) groups excluding carboxylic acids is 1. The third-order valence-electron chi connectivity index (χ3n) is 4.15. The summed E-state index contributed by atoms with van der Waals surface area (Å²) in [6.07, 6.45) is 0.608. The molecule has 2 aromatic rings. The highest BCUT2D eigenvalue weighted by atomic mass is 32.2. The van der Waals surface area contributed by atoms with Crippen LogP contribution >= 0.6 is 0 Å². The average molecular weight is 441 g/mol. The lowest BCUT2D eigenvalue weighted by Gasteiger charge is -2.16. The smallest absolute Gasteiger partial charge is 0.341 e. The second kappa shape index (κ2) is 9.63. The Kier molecular flexibility index (Phi) is 7.45. The molecular formula is C20H18F3NO5S. The monoisotopic (exact) mass is 441 g/mol. The lowest BCUT2D eigenvalue weighted by atomic mass is 9.99. The Hall–Kier alpha value is -3.06. The minimum atomic E-state index is -5.09. The van der Waals surface area contributed by atoms with Crippen molar-refractivity contribution >= 4 is 15.6 Å². The second-order valence-electron chi connectivity index (χ2n) is 6.37. The topological polar surface area (TPSA) is 104 Å². The van der Waals surface area contributed by atoms with E-state index in [0.29, 0.717) is 6.42 Å². The third kappa shape index (κ3) is 5.30. The summed E-state index contributed by atoms with van der Waals surface area (Å²) in [6.45, 7) is 1.79. The van der Waals surface area contributed by atoms with Crippen LogP contribution in [0.2, 0.25) is 0 Å². The standard InChI is InChI=1S/C20H18F3NO5S/c1-2-3-13(25)4-5-16-17(11-24)19(30(27,28)20(22)23)7-6-18(16)29-15-9-12(21)8-14(26)10-15/h6-10,20,26H,2-5H2,1H3. The van der Waals surface area contributed by atoms with Crippen molar-refractivity contribution in [2.24, 2.45) is 0 Å². The van der Waals surface area contributed by atoms with E-state index in [2.05, 4.69) is 0 Å². The van der Waals surface area contributed by atoms with Crippen LogP contribution in [-0.4, -0.2) is 25.1 Å². The summed E-state index contributed by atoms with van der Waals surface area (Å²) < 4.78 is 69.0. The Labute approximate surface area is 171 Å². The summed E-state index contributed by atoms with van der Waals surface area (Å²) in [4.78, 5) is 11.0. The van der Waals surface area contributed by atoms with Crippen LogP contribution in [0.4, 0.5) is 13.2 Å². The van der Waals surface area contributed by atoms with Gasteiger partial charge in [0.2, 0.25) is 9.84 Å². The molecule has 0 aliphatic heterocycles. The van der Waals surface area contributed by atoms with E-state index in [1.165, 1.54) is 0 Å². The number of hydrogen-bond donors (Lipinski definition) is 1. The van der Waals surface area contributed by atoms with Gasteiger partial charge < -0.3 is 9.84 Å². The molecule has 0 amide bonds. The van der Waals surface area contributed by atoms with Crippen LogP contribution in [0.1, 0.15) is 37.3 Å². The van der Waals surface area contributed by atoms with Gasteiger partial charge in [-0.05, 0) is 25.0 Å². The Morgan fingerprint density at radius 1 is 1.23 bits per heavy atom. The zero-order valence-corrected chi connectivity index (χ0v) is 16.7. The number of phenolic OH excluding ortho intramolecular Hbond substituents is 1. The quantitative estimate of drug-likeness (QED) is 0.615. The van der Waals surface area contributed by atoms with Crippen molar-refractivity contribution in [3.63, 3.8) is 0 Å². The van der Waals surface area contributed by atoms with Gasteiger partial charge in [-0.1, -0.05) is 6.92 Å². The molecule has 0 saturated carbocycles. The number of halogens is 3. The Bertz CT molecular complexity index is 1070. The van der Waals surface area contributed by atoms with Gasteiger partial charge in [0, 0.05) is 36.6 Å². The Morgan fingerprint density at radius 2 is 1.93 bits per heavy atom. The van der Waals surface area contributed by atoms with Crippen LogP contribution in [0.5, 0.6) is 17.2 Å². The van der Waals surface area contributed by atoms with E-state index in [9.17, 15) is 36.8 Å². The molecule has 0 radical (unpaired) electrons. The fourth-order valence-electron chi connectivity index (χ4n) is 2.81. The molecule has 160 valence electrons. The van der Waals surface area contributed by atoms with E-state index < -0.39 is 37.6 Å². The summed E-state index contributed by atoms with van der Waals surface area (Å²) in [5.41, 5.74) is -0.648. The van der Waals surface area contributed by atoms with E-state index in [4.69, 9.17) is 4.74 Å². The number of nitriles is 1. The van der Waals surface area contributed by atoms with Gasteiger partial charge in [0.05, 0.1) is 10.5 Å². The van der Waals surface area contributed by atoms with Gasteiger partial charge in [-0.25, -0.2) is 12.8 Å². The van der Waals surface area contributed by atoms with Crippen molar-refractivity contribution in [2.75, 3.05) is 0 Å². The molecule has 0 heterocycles. The molecule has 0 fully saturated rings. The first-order chi connectivity index (χ1) is 14.1. The summed E-state index contributed by atoms with van der Waals surface area (Å²) in [7, 11) is -5.09. The molecule has 30 heavy (non-hydrogen) atoms. The van der Waals surface area contributed by atoms with Gasteiger partial charge in [0.25, 0.3) is 0 Å². The van der Waals surface area contributed by atoms with Crippen LogP contribution in [0.25, 0.3) is 0 Å². The predicted molar refractivity (Wildman–Crippen MR) is 101 cm³/mol. The summed E-state index contributed by atoms with van der Waals surface area (Å²) in [6, 6.07) is 6.29. The normalized spacial score (nSPS) is 11.3. The number of nitrogens with zero attached hydrogens (tertiary/aromatic N) is 1. The maximum atomic E-state index is 13.5. The van der Waals surface area contributed by atoms with Crippen molar-refractivity contribution in [1.82, 2.24) is 0 Å². The minimum Gasteiger partial charge on any atom is -0.508 e. The highest BCUT2D eigenvalue weighted by Gasteiger charge is 2.31. The molecule has 0 unspecified atom stereocenters. The maximum Gasteiger partial charge on any atom is 0.341 e. The largest absolute Gasteiger partial charge is 0.508 e. The molecule has 2 rings (SSSR count). The zero-order chi connectivity index (χ0) is 22.5. The molecule has 0 saturated heterocycles. The number of hydrogen-bond acceptors (Lipinski definition) is 6. The molecule has 0 atom stereocenters. The van der Waals surface area contributed by atoms with Crippen LogP contribution in [0.15, 0.2) is 35.2 Å². The van der Waals surface area contributed by atoms with Gasteiger partial charge in [-0.15, -0.1) is 0 Å². The van der Waals surface area contributed by atoms with Crippen molar-refractivity contribution in [2.45, 2.75) is 43.3 Å². The molecule has 0 aliphatic carbocycles. The van der Waals surface area contributed by atoms with Gasteiger partial charge in [0.1, 0.15) is 34.9 Å². The van der Waals surface area contributed by atoms with E-state index in [1.54, 1.807) is 13.0 Å². The minimum absolute atomic E-state index is 0.0765.